The molecular weight excluding hydrogens is 352 g/mol. The van der Waals surface area contributed by atoms with Crippen LogP contribution in [0, 0.1) is 6.92 Å². The second kappa shape index (κ2) is 8.23. The Hall–Kier alpha value is -2.53. The number of hydrogen-bond donors (Lipinski definition) is 1. The highest BCUT2D eigenvalue weighted by Gasteiger charge is 2.35. The topological polar surface area (TPSA) is 58.6 Å². The Morgan fingerprint density at radius 1 is 1.19 bits per heavy atom. The molecule has 0 spiro atoms. The summed E-state index contributed by atoms with van der Waals surface area (Å²) in [6.07, 6.45) is 0.924. The molecule has 0 aromatic heterocycles. The van der Waals surface area contributed by atoms with Crippen molar-refractivity contribution in [3.63, 3.8) is 0 Å². The third kappa shape index (κ3) is 4.17. The maximum absolute atomic E-state index is 12.7. The Morgan fingerprint density at radius 2 is 1.96 bits per heavy atom. The van der Waals surface area contributed by atoms with E-state index in [0.717, 1.165) is 17.5 Å². The van der Waals surface area contributed by atoms with Gasteiger partial charge in [0, 0.05) is 17.3 Å². The summed E-state index contributed by atoms with van der Waals surface area (Å²) < 4.78 is 5.37. The van der Waals surface area contributed by atoms with Crippen molar-refractivity contribution in [3.8, 4) is 0 Å². The molecule has 0 radical (unpaired) electrons. The number of nitrogens with one attached hydrogen (secondary N) is 1. The molecule has 26 heavy (non-hydrogen) atoms. The summed E-state index contributed by atoms with van der Waals surface area (Å²) in [5.74, 6) is -0.218. The van der Waals surface area contributed by atoms with Gasteiger partial charge in [-0.3, -0.25) is 9.69 Å². The second-order valence-corrected chi connectivity index (χ2v) is 6.70. The molecule has 2 aromatic carbocycles. The van der Waals surface area contributed by atoms with Crippen LogP contribution in [0.1, 0.15) is 24.0 Å². The summed E-state index contributed by atoms with van der Waals surface area (Å²) in [4.78, 5) is 26.6. The Bertz CT molecular complexity index is 795. The normalized spacial score (nSPS) is 16.4. The summed E-state index contributed by atoms with van der Waals surface area (Å²) in [6.45, 7) is 2.55. The molecule has 0 saturated carbocycles. The van der Waals surface area contributed by atoms with Crippen LogP contribution in [0.2, 0.25) is 5.02 Å². The van der Waals surface area contributed by atoms with Gasteiger partial charge in [-0.15, -0.1) is 0 Å². The lowest BCUT2D eigenvalue weighted by Crippen LogP contribution is -2.43. The largest absolute Gasteiger partial charge is 0.445 e. The number of halogens is 1. The Morgan fingerprint density at radius 3 is 2.73 bits per heavy atom. The molecule has 1 aliphatic rings. The molecule has 1 saturated heterocycles. The summed E-state index contributed by atoms with van der Waals surface area (Å²) in [5, 5.41) is 3.47. The van der Waals surface area contributed by atoms with Crippen molar-refractivity contribution in [2.45, 2.75) is 32.4 Å². The molecule has 0 aliphatic carbocycles. The fraction of sp³-hybridized carbons (Fsp3) is 0.300. The Labute approximate surface area is 157 Å². The van der Waals surface area contributed by atoms with E-state index in [9.17, 15) is 9.59 Å². The van der Waals surface area contributed by atoms with Gasteiger partial charge in [0.2, 0.25) is 5.91 Å². The summed E-state index contributed by atoms with van der Waals surface area (Å²) >= 11 is 6.10. The van der Waals surface area contributed by atoms with Crippen LogP contribution in [0.5, 0.6) is 0 Å². The molecule has 1 heterocycles. The number of hydrogen-bond acceptors (Lipinski definition) is 3. The lowest BCUT2D eigenvalue weighted by atomic mass is 10.1. The predicted molar refractivity (Wildman–Crippen MR) is 101 cm³/mol. The van der Waals surface area contributed by atoms with Gasteiger partial charge in [-0.05, 0) is 43.0 Å². The average molecular weight is 373 g/mol. The molecule has 1 aliphatic heterocycles. The van der Waals surface area contributed by atoms with Crippen LogP contribution < -0.4 is 5.32 Å². The number of anilines is 1. The van der Waals surface area contributed by atoms with Crippen molar-refractivity contribution in [3.05, 3.63) is 64.7 Å². The van der Waals surface area contributed by atoms with Crippen LogP contribution in [0.3, 0.4) is 0 Å². The molecule has 0 bridgehead atoms. The van der Waals surface area contributed by atoms with Gasteiger partial charge in [0.05, 0.1) is 0 Å². The Balaban J connectivity index is 1.62. The number of carbonyl (C=O) groups excluding carboxylic acids is 2. The Kier molecular flexibility index (Phi) is 5.78. The van der Waals surface area contributed by atoms with Gasteiger partial charge in [0.1, 0.15) is 12.6 Å². The number of rotatable bonds is 4. The van der Waals surface area contributed by atoms with E-state index in [2.05, 4.69) is 5.32 Å². The first-order chi connectivity index (χ1) is 12.6. The third-order valence-electron chi connectivity index (χ3n) is 4.52. The molecule has 136 valence electrons. The quantitative estimate of drug-likeness (QED) is 0.865. The van der Waals surface area contributed by atoms with Gasteiger partial charge in [0.15, 0.2) is 0 Å². The van der Waals surface area contributed by atoms with E-state index < -0.39 is 12.1 Å². The van der Waals surface area contributed by atoms with Gasteiger partial charge in [-0.1, -0.05) is 48.0 Å². The van der Waals surface area contributed by atoms with Crippen molar-refractivity contribution in [1.29, 1.82) is 0 Å². The molecule has 1 atom stereocenters. The van der Waals surface area contributed by atoms with Crippen LogP contribution in [0.4, 0.5) is 10.5 Å². The van der Waals surface area contributed by atoms with Gasteiger partial charge in [-0.2, -0.15) is 0 Å². The van der Waals surface area contributed by atoms with Crippen molar-refractivity contribution >= 4 is 29.3 Å². The standard InChI is InChI=1S/C20H21ClN2O3/c1-14-16(21)9-5-10-17(14)22-19(24)18-11-6-12-23(18)20(25)26-13-15-7-3-2-4-8-15/h2-5,7-10,18H,6,11-13H2,1H3,(H,22,24). The zero-order chi connectivity index (χ0) is 18.5. The summed E-state index contributed by atoms with van der Waals surface area (Å²) in [5.41, 5.74) is 2.38. The summed E-state index contributed by atoms with van der Waals surface area (Å²) in [6, 6.07) is 14.3. The van der Waals surface area contributed by atoms with E-state index in [0.29, 0.717) is 23.7 Å². The second-order valence-electron chi connectivity index (χ2n) is 6.29. The highest BCUT2D eigenvalue weighted by atomic mass is 35.5. The number of nitrogens with zero attached hydrogens (tertiary/aromatic N) is 1. The van der Waals surface area contributed by atoms with Gasteiger partial charge in [0.25, 0.3) is 0 Å². The first-order valence-corrected chi connectivity index (χ1v) is 8.97. The smallest absolute Gasteiger partial charge is 0.410 e. The van der Waals surface area contributed by atoms with Crippen LogP contribution in [0.25, 0.3) is 0 Å². The lowest BCUT2D eigenvalue weighted by molar-refractivity contribution is -0.120. The number of benzene rings is 2. The van der Waals surface area contributed by atoms with Crippen molar-refractivity contribution in [2.75, 3.05) is 11.9 Å². The molecule has 6 heteroatoms. The zero-order valence-electron chi connectivity index (χ0n) is 14.6. The molecule has 1 N–H and O–H groups in total. The van der Waals surface area contributed by atoms with Gasteiger partial charge in [-0.25, -0.2) is 4.79 Å². The minimum Gasteiger partial charge on any atom is -0.445 e. The third-order valence-corrected chi connectivity index (χ3v) is 4.93. The summed E-state index contributed by atoms with van der Waals surface area (Å²) in [7, 11) is 0. The van der Waals surface area contributed by atoms with E-state index in [4.69, 9.17) is 16.3 Å². The minimum absolute atomic E-state index is 0.192. The van der Waals surface area contributed by atoms with E-state index in [1.165, 1.54) is 4.90 Å². The van der Waals surface area contributed by atoms with E-state index in [-0.39, 0.29) is 12.5 Å². The molecular formula is C20H21ClN2O3. The van der Waals surface area contributed by atoms with E-state index in [1.807, 2.05) is 37.3 Å². The predicted octanol–water partition coefficient (Wildman–Crippen LogP) is 4.39. The number of ether oxygens (including phenoxy) is 1. The highest BCUT2D eigenvalue weighted by Crippen LogP contribution is 2.25. The first-order valence-electron chi connectivity index (χ1n) is 8.59. The molecule has 5 nitrogen and oxygen atoms in total. The van der Waals surface area contributed by atoms with Crippen LogP contribution in [0.15, 0.2) is 48.5 Å². The van der Waals surface area contributed by atoms with Crippen LogP contribution >= 0.6 is 11.6 Å². The number of likely N-dealkylation sites (tertiary alicyclic amines) is 1. The van der Waals surface area contributed by atoms with Crippen molar-refractivity contribution in [2.24, 2.45) is 0 Å². The fourth-order valence-corrected chi connectivity index (χ4v) is 3.19. The minimum atomic E-state index is -0.531. The maximum atomic E-state index is 12.7. The molecule has 3 rings (SSSR count). The molecule has 1 fully saturated rings. The van der Waals surface area contributed by atoms with Gasteiger partial charge < -0.3 is 10.1 Å². The van der Waals surface area contributed by atoms with Crippen molar-refractivity contribution in [1.82, 2.24) is 4.90 Å². The zero-order valence-corrected chi connectivity index (χ0v) is 15.3. The van der Waals surface area contributed by atoms with E-state index in [1.54, 1.807) is 18.2 Å². The number of amides is 2. The highest BCUT2D eigenvalue weighted by molar-refractivity contribution is 6.31. The monoisotopic (exact) mass is 372 g/mol. The van der Waals surface area contributed by atoms with E-state index >= 15 is 0 Å². The molecule has 2 aromatic rings. The van der Waals surface area contributed by atoms with Crippen molar-refractivity contribution < 1.29 is 14.3 Å². The first kappa shape index (κ1) is 18.3. The number of carbonyl (C=O) groups is 2. The fourth-order valence-electron chi connectivity index (χ4n) is 3.02. The molecule has 2 amide bonds. The maximum Gasteiger partial charge on any atom is 0.410 e. The lowest BCUT2D eigenvalue weighted by Gasteiger charge is -2.23. The van der Waals surface area contributed by atoms with Crippen LogP contribution in [-0.2, 0) is 16.1 Å². The SMILES string of the molecule is Cc1c(Cl)cccc1NC(=O)C1CCCN1C(=O)OCc1ccccc1. The molecule has 1 unspecified atom stereocenters. The van der Waals surface area contributed by atoms with Crippen LogP contribution in [-0.4, -0.2) is 29.5 Å². The average Bonchev–Trinajstić information content (AvgIpc) is 3.14. The van der Waals surface area contributed by atoms with Gasteiger partial charge >= 0.3 is 6.09 Å².